The molecule has 0 saturated carbocycles. The zero-order chi connectivity index (χ0) is 38.9. The van der Waals surface area contributed by atoms with Crippen molar-refractivity contribution in [3.63, 3.8) is 0 Å². The number of ether oxygens (including phenoxy) is 4. The smallest absolute Gasteiger partial charge is 0.246 e. The maximum Gasteiger partial charge on any atom is 0.246 e. The number of nitrogens with one attached hydrogen (secondary N) is 3. The highest BCUT2D eigenvalue weighted by Gasteiger charge is 2.13. The molecule has 1 atom stereocenters. The van der Waals surface area contributed by atoms with Crippen molar-refractivity contribution in [1.29, 1.82) is 0 Å². The Hall–Kier alpha value is -2.12. The molecule has 0 spiro atoms. The summed E-state index contributed by atoms with van der Waals surface area (Å²) < 4.78 is 21.1. The van der Waals surface area contributed by atoms with E-state index in [9.17, 15) is 24.3 Å². The van der Waals surface area contributed by atoms with Crippen molar-refractivity contribution in [3.8, 4) is 0 Å². The van der Waals surface area contributed by atoms with Crippen LogP contribution in [-0.2, 0) is 38.1 Å². The van der Waals surface area contributed by atoms with E-state index in [-0.39, 0.29) is 63.0 Å². The van der Waals surface area contributed by atoms with Gasteiger partial charge in [0, 0.05) is 25.9 Å². The van der Waals surface area contributed by atoms with Crippen LogP contribution >= 0.6 is 0 Å². The molecule has 0 aromatic heterocycles. The lowest BCUT2D eigenvalue weighted by Gasteiger charge is -2.16. The predicted molar refractivity (Wildman–Crippen MR) is 211 cm³/mol. The first-order valence-corrected chi connectivity index (χ1v) is 21.1. The largest absolute Gasteiger partial charge is 0.394 e. The zero-order valence-corrected chi connectivity index (χ0v) is 33.8. The van der Waals surface area contributed by atoms with Gasteiger partial charge in [0.2, 0.25) is 17.7 Å². The molecular formula is C41H79N3O9. The molecule has 12 heteroatoms. The molecular weight excluding hydrogens is 678 g/mol. The van der Waals surface area contributed by atoms with E-state index in [1.165, 1.54) is 116 Å². The fourth-order valence-electron chi connectivity index (χ4n) is 5.84. The first kappa shape index (κ1) is 50.9. The molecule has 0 aliphatic heterocycles. The predicted octanol–water partition coefficient (Wildman–Crippen LogP) is 6.34. The van der Waals surface area contributed by atoms with Gasteiger partial charge >= 0.3 is 0 Å². The minimum absolute atomic E-state index is 0.0394. The van der Waals surface area contributed by atoms with Gasteiger partial charge in [0.15, 0.2) is 5.78 Å². The molecule has 1 unspecified atom stereocenters. The van der Waals surface area contributed by atoms with Crippen LogP contribution in [0.3, 0.4) is 0 Å². The van der Waals surface area contributed by atoms with Crippen LogP contribution in [-0.4, -0.2) is 107 Å². The lowest BCUT2D eigenvalue weighted by molar-refractivity contribution is -0.127. The number of Topliss-reactive ketones (excluding diaryl/α,β-unsaturated/α-hetero) is 1. The van der Waals surface area contributed by atoms with Gasteiger partial charge in [-0.15, -0.1) is 0 Å². The first-order valence-electron chi connectivity index (χ1n) is 21.1. The summed E-state index contributed by atoms with van der Waals surface area (Å²) in [5.74, 6) is -0.543. The summed E-state index contributed by atoms with van der Waals surface area (Å²) in [7, 11) is 0. The monoisotopic (exact) mass is 758 g/mol. The SMILES string of the molecule is CCCCCCCCCCCCCCCCCCCCCCC(=O)NC(CO)CCC(=O)NCCOCCOCC(=O)NCCOCCOCC(C)=O. The van der Waals surface area contributed by atoms with Crippen LogP contribution in [0.25, 0.3) is 0 Å². The van der Waals surface area contributed by atoms with E-state index in [0.717, 1.165) is 19.3 Å². The summed E-state index contributed by atoms with van der Waals surface area (Å²) in [5.41, 5.74) is 0. The average molecular weight is 758 g/mol. The molecule has 0 aromatic carbocycles. The molecule has 0 rings (SSSR count). The molecule has 12 nitrogen and oxygen atoms in total. The number of hydrogen-bond acceptors (Lipinski definition) is 9. The summed E-state index contributed by atoms with van der Waals surface area (Å²) in [6.07, 6.45) is 27.5. The van der Waals surface area contributed by atoms with Gasteiger partial charge in [-0.2, -0.15) is 0 Å². The second-order valence-electron chi connectivity index (χ2n) is 14.2. The second-order valence-corrected chi connectivity index (χ2v) is 14.2. The highest BCUT2D eigenvalue weighted by atomic mass is 16.5. The Morgan fingerprint density at radius 1 is 0.491 bits per heavy atom. The number of amides is 3. The molecule has 0 aliphatic rings. The van der Waals surface area contributed by atoms with E-state index in [1.807, 2.05) is 0 Å². The van der Waals surface area contributed by atoms with Crippen LogP contribution in [0.4, 0.5) is 0 Å². The second kappa shape index (κ2) is 41.1. The van der Waals surface area contributed by atoms with E-state index in [2.05, 4.69) is 22.9 Å². The Kier molecular flexibility index (Phi) is 39.4. The topological polar surface area (TPSA) is 162 Å². The summed E-state index contributed by atoms with van der Waals surface area (Å²) in [6, 6.07) is -0.435. The molecule has 312 valence electrons. The molecule has 0 heterocycles. The van der Waals surface area contributed by atoms with Crippen molar-refractivity contribution in [2.75, 3.05) is 72.6 Å². The number of carbonyl (C=O) groups is 4. The van der Waals surface area contributed by atoms with Gasteiger partial charge in [-0.1, -0.05) is 129 Å². The normalized spacial score (nSPS) is 11.8. The molecule has 0 bridgehead atoms. The van der Waals surface area contributed by atoms with Crippen molar-refractivity contribution in [3.05, 3.63) is 0 Å². The quantitative estimate of drug-likeness (QED) is 0.0521. The molecule has 0 fully saturated rings. The molecule has 4 N–H and O–H groups in total. The number of aliphatic hydroxyl groups is 1. The van der Waals surface area contributed by atoms with Crippen molar-refractivity contribution in [2.45, 2.75) is 168 Å². The number of carbonyl (C=O) groups excluding carboxylic acids is 4. The zero-order valence-electron chi connectivity index (χ0n) is 33.8. The number of unbranched alkanes of at least 4 members (excludes halogenated alkanes) is 19. The van der Waals surface area contributed by atoms with Crippen LogP contribution in [0.2, 0.25) is 0 Å². The van der Waals surface area contributed by atoms with Gasteiger partial charge in [-0.3, -0.25) is 19.2 Å². The van der Waals surface area contributed by atoms with Crippen molar-refractivity contribution in [1.82, 2.24) is 16.0 Å². The van der Waals surface area contributed by atoms with Crippen LogP contribution in [0, 0.1) is 0 Å². The first-order chi connectivity index (χ1) is 25.9. The molecule has 53 heavy (non-hydrogen) atoms. The molecule has 3 amide bonds. The van der Waals surface area contributed by atoms with Crippen molar-refractivity contribution < 1.29 is 43.2 Å². The summed E-state index contributed by atoms with van der Waals surface area (Å²) in [4.78, 5) is 47.0. The maximum atomic E-state index is 12.3. The summed E-state index contributed by atoms with van der Waals surface area (Å²) >= 11 is 0. The fraction of sp³-hybridized carbons (Fsp3) is 0.902. The molecule has 0 saturated heterocycles. The van der Waals surface area contributed by atoms with Gasteiger partial charge in [-0.25, -0.2) is 0 Å². The number of ketones is 1. The van der Waals surface area contributed by atoms with Gasteiger partial charge in [0.1, 0.15) is 13.2 Å². The fourth-order valence-corrected chi connectivity index (χ4v) is 5.84. The van der Waals surface area contributed by atoms with Gasteiger partial charge < -0.3 is 40.0 Å². The Morgan fingerprint density at radius 3 is 1.36 bits per heavy atom. The third-order valence-corrected chi connectivity index (χ3v) is 8.98. The highest BCUT2D eigenvalue weighted by molar-refractivity contribution is 5.78. The maximum absolute atomic E-state index is 12.3. The Labute approximate surface area is 322 Å². The third-order valence-electron chi connectivity index (χ3n) is 8.98. The standard InChI is InChI=1S/C41H79N3O9/c1-3-4-5-6-7-8-9-10-11-12-13-14-15-16-17-18-19-20-21-22-23-40(48)44-38(34-45)24-25-39(47)42-26-28-50-31-33-53-36-41(49)43-27-29-51-30-32-52-35-37(2)46/h38,45H,3-36H2,1-2H3,(H,42,47)(H,43,49)(H,44,48). The van der Waals surface area contributed by atoms with Gasteiger partial charge in [0.05, 0.1) is 52.3 Å². The third kappa shape index (κ3) is 40.9. The van der Waals surface area contributed by atoms with Crippen LogP contribution in [0.15, 0.2) is 0 Å². The lowest BCUT2D eigenvalue weighted by Crippen LogP contribution is -2.38. The highest BCUT2D eigenvalue weighted by Crippen LogP contribution is 2.15. The molecule has 0 aliphatic carbocycles. The van der Waals surface area contributed by atoms with E-state index >= 15 is 0 Å². The Balaban J connectivity index is 3.52. The summed E-state index contributed by atoms with van der Waals surface area (Å²) in [6.45, 7) is 6.00. The minimum atomic E-state index is -0.435. The minimum Gasteiger partial charge on any atom is -0.394 e. The number of rotatable bonds is 42. The van der Waals surface area contributed by atoms with Gasteiger partial charge in [-0.05, 0) is 19.8 Å². The lowest BCUT2D eigenvalue weighted by atomic mass is 10.0. The van der Waals surface area contributed by atoms with Crippen LogP contribution < -0.4 is 16.0 Å². The van der Waals surface area contributed by atoms with Crippen molar-refractivity contribution >= 4 is 23.5 Å². The molecule has 0 aromatic rings. The van der Waals surface area contributed by atoms with E-state index in [0.29, 0.717) is 52.4 Å². The van der Waals surface area contributed by atoms with E-state index < -0.39 is 6.04 Å². The average Bonchev–Trinajstić information content (AvgIpc) is 3.14. The number of hydrogen-bond donors (Lipinski definition) is 4. The Morgan fingerprint density at radius 2 is 0.906 bits per heavy atom. The summed E-state index contributed by atoms with van der Waals surface area (Å²) in [5, 5.41) is 18.0. The van der Waals surface area contributed by atoms with Gasteiger partial charge in [0.25, 0.3) is 0 Å². The van der Waals surface area contributed by atoms with E-state index in [1.54, 1.807) is 0 Å². The number of aliphatic hydroxyl groups excluding tert-OH is 1. The van der Waals surface area contributed by atoms with E-state index in [4.69, 9.17) is 18.9 Å². The van der Waals surface area contributed by atoms with Crippen LogP contribution in [0.1, 0.15) is 162 Å². The Bertz CT molecular complexity index is 863. The van der Waals surface area contributed by atoms with Crippen molar-refractivity contribution in [2.24, 2.45) is 0 Å². The van der Waals surface area contributed by atoms with Crippen LogP contribution in [0.5, 0.6) is 0 Å². The molecule has 0 radical (unpaired) electrons.